The second kappa shape index (κ2) is 4.22. The standard InChI is InChI=1S/C11H12FN3O/c1-15-6-10(13)14-11(15)7-16-9-4-2-3-8(12)5-9/h2-6H,7,13H2,1H3. The highest BCUT2D eigenvalue weighted by molar-refractivity contribution is 5.26. The van der Waals surface area contributed by atoms with Gasteiger partial charge in [0.25, 0.3) is 0 Å². The van der Waals surface area contributed by atoms with Crippen molar-refractivity contribution in [1.82, 2.24) is 9.55 Å². The van der Waals surface area contributed by atoms with Crippen LogP contribution in [0.5, 0.6) is 5.75 Å². The molecule has 4 nitrogen and oxygen atoms in total. The number of benzene rings is 1. The number of nitrogens with two attached hydrogens (primary N) is 1. The molecule has 0 amide bonds. The van der Waals surface area contributed by atoms with Gasteiger partial charge in [-0.25, -0.2) is 9.37 Å². The lowest BCUT2D eigenvalue weighted by Gasteiger charge is -2.05. The molecule has 0 spiro atoms. The summed E-state index contributed by atoms with van der Waals surface area (Å²) < 4.78 is 20.0. The van der Waals surface area contributed by atoms with Gasteiger partial charge < -0.3 is 15.0 Å². The largest absolute Gasteiger partial charge is 0.486 e. The van der Waals surface area contributed by atoms with E-state index in [2.05, 4.69) is 4.98 Å². The van der Waals surface area contributed by atoms with Crippen molar-refractivity contribution in [2.24, 2.45) is 7.05 Å². The first kappa shape index (κ1) is 10.5. The van der Waals surface area contributed by atoms with E-state index < -0.39 is 0 Å². The Hall–Kier alpha value is -2.04. The molecular formula is C11H12FN3O. The summed E-state index contributed by atoms with van der Waals surface area (Å²) in [5.41, 5.74) is 5.53. The first-order chi connectivity index (χ1) is 7.65. The minimum absolute atomic E-state index is 0.261. The Labute approximate surface area is 92.5 Å². The number of nitrogen functional groups attached to an aromatic ring is 1. The van der Waals surface area contributed by atoms with E-state index in [1.54, 1.807) is 22.9 Å². The lowest BCUT2D eigenvalue weighted by molar-refractivity contribution is 0.290. The Bertz CT molecular complexity index is 496. The molecule has 0 aliphatic heterocycles. The summed E-state index contributed by atoms with van der Waals surface area (Å²) in [5.74, 6) is 1.29. The quantitative estimate of drug-likeness (QED) is 0.858. The number of imidazole rings is 1. The predicted octanol–water partition coefficient (Wildman–Crippen LogP) is 1.72. The fraction of sp³-hybridized carbons (Fsp3) is 0.182. The summed E-state index contributed by atoms with van der Waals surface area (Å²) in [7, 11) is 1.83. The zero-order valence-electron chi connectivity index (χ0n) is 8.85. The highest BCUT2D eigenvalue weighted by Crippen LogP contribution is 2.14. The normalized spacial score (nSPS) is 10.4. The molecular weight excluding hydrogens is 209 g/mol. The maximum Gasteiger partial charge on any atom is 0.149 e. The van der Waals surface area contributed by atoms with E-state index >= 15 is 0 Å². The van der Waals surface area contributed by atoms with Crippen LogP contribution in [0.15, 0.2) is 30.5 Å². The van der Waals surface area contributed by atoms with Crippen LogP contribution >= 0.6 is 0 Å². The zero-order valence-corrected chi connectivity index (χ0v) is 8.85. The van der Waals surface area contributed by atoms with Gasteiger partial charge in [0, 0.05) is 19.3 Å². The summed E-state index contributed by atoms with van der Waals surface area (Å²) in [5, 5.41) is 0. The highest BCUT2D eigenvalue weighted by Gasteiger charge is 2.04. The van der Waals surface area contributed by atoms with Crippen LogP contribution in [0.1, 0.15) is 5.82 Å². The first-order valence-electron chi connectivity index (χ1n) is 4.81. The van der Waals surface area contributed by atoms with Gasteiger partial charge in [0.1, 0.15) is 29.8 Å². The number of rotatable bonds is 3. The van der Waals surface area contributed by atoms with E-state index in [9.17, 15) is 4.39 Å². The smallest absolute Gasteiger partial charge is 0.149 e. The lowest BCUT2D eigenvalue weighted by atomic mass is 10.3. The number of ether oxygens (including phenoxy) is 1. The molecule has 2 aromatic rings. The molecule has 0 aliphatic carbocycles. The van der Waals surface area contributed by atoms with Crippen molar-refractivity contribution in [2.45, 2.75) is 6.61 Å². The predicted molar refractivity (Wildman–Crippen MR) is 58.4 cm³/mol. The third kappa shape index (κ3) is 2.31. The third-order valence-corrected chi connectivity index (χ3v) is 2.16. The van der Waals surface area contributed by atoms with Crippen LogP contribution in [-0.4, -0.2) is 9.55 Å². The Morgan fingerprint density at radius 2 is 2.31 bits per heavy atom. The second-order valence-electron chi connectivity index (χ2n) is 3.44. The SMILES string of the molecule is Cn1cc(N)nc1COc1cccc(F)c1. The number of aromatic nitrogens is 2. The van der Waals surface area contributed by atoms with Crippen molar-refractivity contribution in [1.29, 1.82) is 0 Å². The molecule has 0 saturated carbocycles. The van der Waals surface area contributed by atoms with Crippen LogP contribution < -0.4 is 10.5 Å². The lowest BCUT2D eigenvalue weighted by Crippen LogP contribution is -2.03. The van der Waals surface area contributed by atoms with Gasteiger partial charge in [0.2, 0.25) is 0 Å². The van der Waals surface area contributed by atoms with Gasteiger partial charge in [0.15, 0.2) is 0 Å². The maximum absolute atomic E-state index is 12.9. The first-order valence-corrected chi connectivity index (χ1v) is 4.81. The van der Waals surface area contributed by atoms with Gasteiger partial charge in [0.05, 0.1) is 0 Å². The summed E-state index contributed by atoms with van der Waals surface area (Å²) in [6, 6.07) is 5.98. The second-order valence-corrected chi connectivity index (χ2v) is 3.44. The number of hydrogen-bond donors (Lipinski definition) is 1. The fourth-order valence-corrected chi connectivity index (χ4v) is 1.37. The Kier molecular flexibility index (Phi) is 2.76. The molecule has 0 saturated heterocycles. The van der Waals surface area contributed by atoms with Crippen molar-refractivity contribution in [3.63, 3.8) is 0 Å². The Balaban J connectivity index is 2.05. The molecule has 2 N–H and O–H groups in total. The van der Waals surface area contributed by atoms with Crippen LogP contribution in [0.25, 0.3) is 0 Å². The number of halogens is 1. The molecule has 0 aliphatic rings. The third-order valence-electron chi connectivity index (χ3n) is 2.16. The van der Waals surface area contributed by atoms with Crippen LogP contribution in [0, 0.1) is 5.82 Å². The number of nitrogens with zero attached hydrogens (tertiary/aromatic N) is 2. The molecule has 16 heavy (non-hydrogen) atoms. The molecule has 1 aromatic carbocycles. The molecule has 2 rings (SSSR count). The molecule has 1 heterocycles. The Morgan fingerprint density at radius 3 is 2.94 bits per heavy atom. The van der Waals surface area contributed by atoms with E-state index in [1.807, 2.05) is 7.05 Å². The minimum Gasteiger partial charge on any atom is -0.486 e. The van der Waals surface area contributed by atoms with E-state index in [0.29, 0.717) is 17.4 Å². The number of hydrogen-bond acceptors (Lipinski definition) is 3. The molecule has 1 aromatic heterocycles. The molecule has 0 atom stereocenters. The van der Waals surface area contributed by atoms with Gasteiger partial charge in [-0.3, -0.25) is 0 Å². The van der Waals surface area contributed by atoms with Crippen molar-refractivity contribution in [3.8, 4) is 5.75 Å². The molecule has 0 unspecified atom stereocenters. The maximum atomic E-state index is 12.9. The Morgan fingerprint density at radius 1 is 1.50 bits per heavy atom. The van der Waals surface area contributed by atoms with E-state index in [0.717, 1.165) is 0 Å². The summed E-state index contributed by atoms with van der Waals surface area (Å²) >= 11 is 0. The number of anilines is 1. The fourth-order valence-electron chi connectivity index (χ4n) is 1.37. The van der Waals surface area contributed by atoms with Crippen molar-refractivity contribution < 1.29 is 9.13 Å². The zero-order chi connectivity index (χ0) is 11.5. The van der Waals surface area contributed by atoms with Gasteiger partial charge in [-0.15, -0.1) is 0 Å². The molecule has 0 radical (unpaired) electrons. The average molecular weight is 221 g/mol. The van der Waals surface area contributed by atoms with Crippen LogP contribution in [0.3, 0.4) is 0 Å². The van der Waals surface area contributed by atoms with Crippen molar-refractivity contribution >= 4 is 5.82 Å². The van der Waals surface area contributed by atoms with Gasteiger partial charge >= 0.3 is 0 Å². The van der Waals surface area contributed by atoms with Crippen LogP contribution in [-0.2, 0) is 13.7 Å². The van der Waals surface area contributed by atoms with Gasteiger partial charge in [-0.1, -0.05) is 6.07 Å². The highest BCUT2D eigenvalue weighted by atomic mass is 19.1. The monoisotopic (exact) mass is 221 g/mol. The van der Waals surface area contributed by atoms with E-state index in [1.165, 1.54) is 12.1 Å². The summed E-state index contributed by atoms with van der Waals surface area (Å²) in [6.45, 7) is 0.261. The molecule has 0 fully saturated rings. The minimum atomic E-state index is -0.322. The van der Waals surface area contributed by atoms with Gasteiger partial charge in [-0.2, -0.15) is 0 Å². The molecule has 0 bridgehead atoms. The summed E-state index contributed by atoms with van der Waals surface area (Å²) in [4.78, 5) is 4.07. The van der Waals surface area contributed by atoms with E-state index in [-0.39, 0.29) is 12.4 Å². The van der Waals surface area contributed by atoms with Crippen LogP contribution in [0.2, 0.25) is 0 Å². The molecule has 5 heteroatoms. The summed E-state index contributed by atoms with van der Waals surface area (Å²) in [6.07, 6.45) is 1.70. The van der Waals surface area contributed by atoms with Crippen molar-refractivity contribution in [2.75, 3.05) is 5.73 Å². The average Bonchev–Trinajstić information content (AvgIpc) is 2.54. The van der Waals surface area contributed by atoms with Crippen molar-refractivity contribution in [3.05, 3.63) is 42.1 Å². The van der Waals surface area contributed by atoms with E-state index in [4.69, 9.17) is 10.5 Å². The van der Waals surface area contributed by atoms with Gasteiger partial charge in [-0.05, 0) is 12.1 Å². The number of aryl methyl sites for hydroxylation is 1. The topological polar surface area (TPSA) is 53.1 Å². The van der Waals surface area contributed by atoms with Crippen LogP contribution in [0.4, 0.5) is 10.2 Å². The molecule has 84 valence electrons.